The highest BCUT2D eigenvalue weighted by Crippen LogP contribution is 2.15. The molecule has 1 unspecified atom stereocenters. The van der Waals surface area contributed by atoms with Gasteiger partial charge in [-0.15, -0.1) is 0 Å². The Kier molecular flexibility index (Phi) is 46.9. The minimum absolute atomic E-state index is 0.0774. The maximum atomic E-state index is 12.8. The predicted molar refractivity (Wildman–Crippen MR) is 256 cm³/mol. The van der Waals surface area contributed by atoms with Gasteiger partial charge < -0.3 is 14.2 Å². The van der Waals surface area contributed by atoms with Crippen molar-refractivity contribution in [1.82, 2.24) is 0 Å². The summed E-state index contributed by atoms with van der Waals surface area (Å²) in [6, 6.07) is 0. The van der Waals surface area contributed by atoms with Gasteiger partial charge in [-0.3, -0.25) is 14.4 Å². The predicted octanol–water partition coefficient (Wildman–Crippen LogP) is 16.7. The van der Waals surface area contributed by atoms with E-state index in [1.807, 2.05) is 0 Å². The summed E-state index contributed by atoms with van der Waals surface area (Å²) >= 11 is 0. The first-order valence-corrected chi connectivity index (χ1v) is 25.6. The molecule has 0 radical (unpaired) electrons. The molecule has 0 rings (SSSR count). The average Bonchev–Trinajstić information content (AvgIpc) is 3.24. The Bertz CT molecular complexity index is 1060. The molecule has 60 heavy (non-hydrogen) atoms. The maximum Gasteiger partial charge on any atom is 0.306 e. The summed E-state index contributed by atoms with van der Waals surface area (Å²) in [5.41, 5.74) is 0. The van der Waals surface area contributed by atoms with Crippen LogP contribution in [-0.4, -0.2) is 37.2 Å². The first-order valence-electron chi connectivity index (χ1n) is 25.6. The number of rotatable bonds is 46. The van der Waals surface area contributed by atoms with Gasteiger partial charge in [0.05, 0.1) is 0 Å². The molecular weight excluding hydrogens is 745 g/mol. The molecule has 0 fully saturated rings. The van der Waals surface area contributed by atoms with Crippen molar-refractivity contribution in [3.8, 4) is 0 Å². The van der Waals surface area contributed by atoms with Gasteiger partial charge in [0.15, 0.2) is 6.10 Å². The summed E-state index contributed by atoms with van der Waals surface area (Å²) in [5, 5.41) is 0. The van der Waals surface area contributed by atoms with E-state index in [1.54, 1.807) is 0 Å². The first-order chi connectivity index (χ1) is 29.5. The number of carbonyl (C=O) groups excluding carboxylic acids is 3. The smallest absolute Gasteiger partial charge is 0.306 e. The van der Waals surface area contributed by atoms with Gasteiger partial charge in [0.1, 0.15) is 13.2 Å². The number of hydrogen-bond donors (Lipinski definition) is 0. The van der Waals surface area contributed by atoms with Gasteiger partial charge in [-0.05, 0) is 57.8 Å². The van der Waals surface area contributed by atoms with Crippen molar-refractivity contribution in [2.75, 3.05) is 13.2 Å². The van der Waals surface area contributed by atoms with Crippen LogP contribution < -0.4 is 0 Å². The van der Waals surface area contributed by atoms with Gasteiger partial charge in [-0.25, -0.2) is 0 Å². The molecule has 6 nitrogen and oxygen atoms in total. The van der Waals surface area contributed by atoms with Crippen LogP contribution >= 0.6 is 0 Å². The molecule has 0 aromatic carbocycles. The lowest BCUT2D eigenvalue weighted by Crippen LogP contribution is -2.30. The van der Waals surface area contributed by atoms with Gasteiger partial charge >= 0.3 is 17.9 Å². The summed E-state index contributed by atoms with van der Waals surface area (Å²) < 4.78 is 16.8. The lowest BCUT2D eigenvalue weighted by atomic mass is 10.0. The van der Waals surface area contributed by atoms with Crippen LogP contribution in [0.3, 0.4) is 0 Å². The Labute approximate surface area is 371 Å². The third-order valence-corrected chi connectivity index (χ3v) is 11.1. The molecule has 0 saturated heterocycles. The van der Waals surface area contributed by atoms with Crippen molar-refractivity contribution in [1.29, 1.82) is 0 Å². The third kappa shape index (κ3) is 46.4. The number of hydrogen-bond acceptors (Lipinski definition) is 6. The first kappa shape index (κ1) is 57.4. The largest absolute Gasteiger partial charge is 0.462 e. The highest BCUT2D eigenvalue weighted by Gasteiger charge is 2.19. The molecular formula is C54H96O6. The van der Waals surface area contributed by atoms with E-state index in [2.05, 4.69) is 69.4 Å². The van der Waals surface area contributed by atoms with E-state index in [4.69, 9.17) is 14.2 Å². The lowest BCUT2D eigenvalue weighted by molar-refractivity contribution is -0.167. The molecule has 0 aliphatic rings. The summed E-state index contributed by atoms with van der Waals surface area (Å²) in [7, 11) is 0. The van der Waals surface area contributed by atoms with Crippen LogP contribution in [0, 0.1) is 0 Å². The molecule has 1 atom stereocenters. The van der Waals surface area contributed by atoms with Gasteiger partial charge in [0, 0.05) is 19.3 Å². The summed E-state index contributed by atoms with van der Waals surface area (Å²) in [4.78, 5) is 37.9. The molecule has 0 heterocycles. The average molecular weight is 841 g/mol. The van der Waals surface area contributed by atoms with Crippen molar-refractivity contribution < 1.29 is 28.6 Å². The van der Waals surface area contributed by atoms with E-state index >= 15 is 0 Å². The van der Waals surface area contributed by atoms with Crippen LogP contribution in [0.25, 0.3) is 0 Å². The van der Waals surface area contributed by atoms with Crippen molar-refractivity contribution in [2.24, 2.45) is 0 Å². The lowest BCUT2D eigenvalue weighted by Gasteiger charge is -2.18. The zero-order valence-electron chi connectivity index (χ0n) is 39.7. The SMILES string of the molecule is CC/C=C\C/C=C\C/C=C\C/C=C\CCCCCCC(=O)OCC(COC(=O)CCCCCCCCCCCCCC)OC(=O)CCCCCCCCCCCCCCC. The van der Waals surface area contributed by atoms with E-state index < -0.39 is 6.10 Å². The van der Waals surface area contributed by atoms with Crippen molar-refractivity contribution in [2.45, 2.75) is 264 Å². The number of unbranched alkanes of at least 4 members (excludes halogenated alkanes) is 27. The monoisotopic (exact) mass is 841 g/mol. The van der Waals surface area contributed by atoms with Crippen LogP contribution in [0.15, 0.2) is 48.6 Å². The second-order valence-electron chi connectivity index (χ2n) is 17.1. The third-order valence-electron chi connectivity index (χ3n) is 11.1. The molecule has 0 aromatic heterocycles. The number of ether oxygens (including phenoxy) is 3. The Morgan fingerprint density at radius 1 is 0.350 bits per heavy atom. The van der Waals surface area contributed by atoms with Crippen LogP contribution in [0.2, 0.25) is 0 Å². The highest BCUT2D eigenvalue weighted by molar-refractivity contribution is 5.71. The Balaban J connectivity index is 4.39. The molecule has 0 saturated carbocycles. The zero-order valence-corrected chi connectivity index (χ0v) is 39.7. The Morgan fingerprint density at radius 3 is 1.02 bits per heavy atom. The standard InChI is InChI=1S/C54H96O6/c1-4-7-10-13-16-19-22-25-26-27-28-30-32-35-38-41-44-47-53(56)59-50-51(49-58-52(55)46-43-40-37-34-31-24-21-18-15-12-9-6-3)60-54(57)48-45-42-39-36-33-29-23-20-17-14-11-8-5-2/h7,10,16,19,25-26,28,30,51H,4-6,8-9,11-15,17-18,20-24,27,29,31-50H2,1-3H3/b10-7-,19-16-,26-25-,30-28-. The van der Waals surface area contributed by atoms with Crippen molar-refractivity contribution in [3.05, 3.63) is 48.6 Å². The quantitative estimate of drug-likeness (QED) is 0.0263. The van der Waals surface area contributed by atoms with E-state index in [9.17, 15) is 14.4 Å². The fourth-order valence-electron chi connectivity index (χ4n) is 7.26. The molecule has 348 valence electrons. The summed E-state index contributed by atoms with van der Waals surface area (Å²) in [5.74, 6) is -0.894. The van der Waals surface area contributed by atoms with E-state index in [0.717, 1.165) is 96.3 Å². The maximum absolute atomic E-state index is 12.8. The fourth-order valence-corrected chi connectivity index (χ4v) is 7.26. The normalized spacial score (nSPS) is 12.4. The highest BCUT2D eigenvalue weighted by atomic mass is 16.6. The number of allylic oxidation sites excluding steroid dienone is 8. The Hall–Kier alpha value is -2.63. The van der Waals surface area contributed by atoms with Gasteiger partial charge in [-0.2, -0.15) is 0 Å². The second kappa shape index (κ2) is 49.0. The van der Waals surface area contributed by atoms with Crippen LogP contribution in [0.5, 0.6) is 0 Å². The Morgan fingerprint density at radius 2 is 0.650 bits per heavy atom. The van der Waals surface area contributed by atoms with Crippen LogP contribution in [0.1, 0.15) is 258 Å². The van der Waals surface area contributed by atoms with E-state index in [1.165, 1.54) is 122 Å². The number of carbonyl (C=O) groups is 3. The molecule has 0 N–H and O–H groups in total. The van der Waals surface area contributed by atoms with E-state index in [-0.39, 0.29) is 31.1 Å². The molecule has 0 amide bonds. The van der Waals surface area contributed by atoms with Gasteiger partial charge in [-0.1, -0.05) is 230 Å². The molecule has 6 heteroatoms. The minimum Gasteiger partial charge on any atom is -0.462 e. The number of esters is 3. The topological polar surface area (TPSA) is 78.9 Å². The summed E-state index contributed by atoms with van der Waals surface area (Å²) in [6.45, 7) is 6.51. The van der Waals surface area contributed by atoms with E-state index in [0.29, 0.717) is 19.3 Å². The summed E-state index contributed by atoms with van der Waals surface area (Å²) in [6.07, 6.45) is 58.0. The zero-order chi connectivity index (χ0) is 43.7. The fraction of sp³-hybridized carbons (Fsp3) is 0.796. The van der Waals surface area contributed by atoms with Crippen LogP contribution in [-0.2, 0) is 28.6 Å². The van der Waals surface area contributed by atoms with Crippen molar-refractivity contribution >= 4 is 17.9 Å². The van der Waals surface area contributed by atoms with Crippen LogP contribution in [0.4, 0.5) is 0 Å². The molecule has 0 aliphatic carbocycles. The molecule has 0 aromatic rings. The van der Waals surface area contributed by atoms with Gasteiger partial charge in [0.2, 0.25) is 0 Å². The van der Waals surface area contributed by atoms with Crippen molar-refractivity contribution in [3.63, 3.8) is 0 Å². The second-order valence-corrected chi connectivity index (χ2v) is 17.1. The molecule has 0 aliphatic heterocycles. The molecule has 0 bridgehead atoms. The van der Waals surface area contributed by atoms with Gasteiger partial charge in [0.25, 0.3) is 0 Å². The molecule has 0 spiro atoms. The minimum atomic E-state index is -0.777.